The first kappa shape index (κ1) is 25.3. The maximum absolute atomic E-state index is 14.6. The van der Waals surface area contributed by atoms with Crippen molar-refractivity contribution in [3.05, 3.63) is 40.6 Å². The van der Waals surface area contributed by atoms with Crippen LogP contribution in [0.4, 0.5) is 8.78 Å². The van der Waals surface area contributed by atoms with Crippen molar-refractivity contribution in [2.24, 2.45) is 0 Å². The Kier molecular flexibility index (Phi) is 7.27. The number of ether oxygens (including phenoxy) is 3. The molecule has 3 rings (SSSR count). The molecular formula is C21H28F2N2O8. The van der Waals surface area contributed by atoms with E-state index in [1.165, 1.54) is 23.9 Å². The molecule has 184 valence electrons. The third-order valence-electron chi connectivity index (χ3n) is 5.61. The minimum Gasteiger partial charge on any atom is -0.494 e. The van der Waals surface area contributed by atoms with Crippen molar-refractivity contribution >= 4 is 0 Å². The van der Waals surface area contributed by atoms with Gasteiger partial charge in [0.2, 0.25) is 11.7 Å². The van der Waals surface area contributed by atoms with Crippen LogP contribution in [0.15, 0.2) is 12.1 Å². The highest BCUT2D eigenvalue weighted by Gasteiger charge is 2.55. The Morgan fingerprint density at radius 2 is 1.85 bits per heavy atom. The van der Waals surface area contributed by atoms with E-state index in [4.69, 9.17) is 14.2 Å². The molecule has 2 heterocycles. The molecule has 0 aliphatic carbocycles. The third-order valence-corrected chi connectivity index (χ3v) is 5.61. The van der Waals surface area contributed by atoms with Crippen LogP contribution in [0, 0.1) is 18.6 Å². The molecule has 5 atom stereocenters. The van der Waals surface area contributed by atoms with Gasteiger partial charge >= 0.3 is 5.97 Å². The number of hydrogen-bond acceptors (Lipinski definition) is 9. The van der Waals surface area contributed by atoms with Crippen molar-refractivity contribution in [2.45, 2.75) is 63.6 Å². The van der Waals surface area contributed by atoms with Crippen LogP contribution in [0.3, 0.4) is 0 Å². The molecule has 33 heavy (non-hydrogen) atoms. The molecule has 2 aromatic rings. The van der Waals surface area contributed by atoms with E-state index in [9.17, 15) is 34.3 Å². The normalized spacial score (nSPS) is 27.8. The van der Waals surface area contributed by atoms with Gasteiger partial charge in [-0.05, 0) is 32.4 Å². The van der Waals surface area contributed by atoms with Crippen LogP contribution in [0.5, 0.6) is 11.6 Å². The molecule has 0 radical (unpaired) electrons. The Bertz CT molecular complexity index is 999. The molecule has 12 heteroatoms. The van der Waals surface area contributed by atoms with Gasteiger partial charge in [-0.3, -0.25) is 4.68 Å². The Hall–Kier alpha value is -2.35. The number of hydrogen-bond donors (Lipinski definition) is 5. The minimum atomic E-state index is -2.90. The largest absolute Gasteiger partial charge is 0.494 e. The van der Waals surface area contributed by atoms with Crippen LogP contribution in [0.1, 0.15) is 36.7 Å². The van der Waals surface area contributed by atoms with Crippen LogP contribution in [0.25, 0.3) is 0 Å². The van der Waals surface area contributed by atoms with Gasteiger partial charge in [0.1, 0.15) is 18.3 Å². The molecule has 1 fully saturated rings. The van der Waals surface area contributed by atoms with E-state index in [2.05, 4.69) is 5.10 Å². The van der Waals surface area contributed by atoms with E-state index < -0.39 is 48.6 Å². The predicted octanol–water partition coefficient (Wildman–Crippen LogP) is 0.149. The molecule has 1 saturated heterocycles. The van der Waals surface area contributed by atoms with Crippen LogP contribution in [0.2, 0.25) is 0 Å². The summed E-state index contributed by atoms with van der Waals surface area (Å²) >= 11 is 0. The van der Waals surface area contributed by atoms with Crippen LogP contribution in [-0.2, 0) is 11.2 Å². The van der Waals surface area contributed by atoms with E-state index in [0.717, 1.165) is 0 Å². The van der Waals surface area contributed by atoms with Crippen LogP contribution in [-0.4, -0.2) is 79.4 Å². The summed E-state index contributed by atoms with van der Waals surface area (Å²) in [6.45, 7) is 4.48. The SMILES string of the molecule is COc1ccc(Cc2c(OC3(O)O[C@H](CO)[C@@H](O)[C@@H](O)[C@H]3O)nn(C(C)C)c2C)c(F)c1F. The van der Waals surface area contributed by atoms with Gasteiger partial charge in [0.25, 0.3) is 0 Å². The van der Waals surface area contributed by atoms with E-state index in [1.807, 2.05) is 13.8 Å². The fraction of sp³-hybridized carbons (Fsp3) is 0.571. The quantitative estimate of drug-likeness (QED) is 0.354. The standard InChI is InChI=1S/C21H28F2N2O8/c1-9(2)25-10(3)12(7-11-5-6-13(31-4)16(23)15(11)22)20(24-25)33-21(30)19(29)18(28)17(27)14(8-26)32-21/h5-6,9,14,17-19,26-30H,7-8H2,1-4H3/t14-,17-,18-,19-,21?/m1/s1. The molecule has 1 aromatic carbocycles. The van der Waals surface area contributed by atoms with Crippen molar-refractivity contribution in [2.75, 3.05) is 13.7 Å². The first-order valence-electron chi connectivity index (χ1n) is 10.3. The summed E-state index contributed by atoms with van der Waals surface area (Å²) in [5.74, 6) is -5.74. The summed E-state index contributed by atoms with van der Waals surface area (Å²) in [7, 11) is 1.21. The molecule has 1 unspecified atom stereocenters. The van der Waals surface area contributed by atoms with Gasteiger partial charge in [0.15, 0.2) is 17.7 Å². The second-order valence-electron chi connectivity index (χ2n) is 8.14. The number of halogens is 2. The molecule has 1 aliphatic heterocycles. The van der Waals surface area contributed by atoms with Crippen molar-refractivity contribution < 1.29 is 48.5 Å². The van der Waals surface area contributed by atoms with E-state index >= 15 is 0 Å². The summed E-state index contributed by atoms with van der Waals surface area (Å²) in [6, 6.07) is 2.40. The molecule has 0 saturated carbocycles. The summed E-state index contributed by atoms with van der Waals surface area (Å²) < 4.78 is 45.7. The first-order chi connectivity index (χ1) is 15.4. The average Bonchev–Trinajstić information content (AvgIpc) is 3.08. The number of rotatable bonds is 7. The van der Waals surface area contributed by atoms with Crippen LogP contribution < -0.4 is 9.47 Å². The number of aromatic nitrogens is 2. The summed E-state index contributed by atoms with van der Waals surface area (Å²) in [5.41, 5.74) is 0.701. The lowest BCUT2D eigenvalue weighted by molar-refractivity contribution is -0.423. The Morgan fingerprint density at radius 3 is 2.42 bits per heavy atom. The lowest BCUT2D eigenvalue weighted by Crippen LogP contribution is -2.67. The third kappa shape index (κ3) is 4.54. The number of benzene rings is 1. The zero-order valence-electron chi connectivity index (χ0n) is 18.6. The van der Waals surface area contributed by atoms with E-state index in [-0.39, 0.29) is 35.2 Å². The predicted molar refractivity (Wildman–Crippen MR) is 109 cm³/mol. The zero-order chi connectivity index (χ0) is 24.7. The second kappa shape index (κ2) is 9.49. The minimum absolute atomic E-state index is 0.0506. The van der Waals surface area contributed by atoms with Crippen molar-refractivity contribution in [1.29, 1.82) is 0 Å². The molecule has 1 aliphatic rings. The van der Waals surface area contributed by atoms with Crippen LogP contribution >= 0.6 is 0 Å². The zero-order valence-corrected chi connectivity index (χ0v) is 18.6. The molecule has 10 nitrogen and oxygen atoms in total. The lowest BCUT2D eigenvalue weighted by Gasteiger charge is -2.43. The highest BCUT2D eigenvalue weighted by molar-refractivity contribution is 5.39. The number of aliphatic hydroxyl groups excluding tert-OH is 4. The molecular weight excluding hydrogens is 446 g/mol. The fourth-order valence-electron chi connectivity index (χ4n) is 3.72. The lowest BCUT2D eigenvalue weighted by atomic mass is 9.98. The van der Waals surface area contributed by atoms with Gasteiger partial charge in [-0.2, -0.15) is 4.39 Å². The Balaban J connectivity index is 2.03. The maximum Gasteiger partial charge on any atom is 0.356 e. The van der Waals surface area contributed by atoms with Gasteiger partial charge in [0, 0.05) is 23.7 Å². The average molecular weight is 474 g/mol. The molecule has 0 amide bonds. The van der Waals surface area contributed by atoms with Gasteiger partial charge < -0.3 is 39.7 Å². The summed E-state index contributed by atoms with van der Waals surface area (Å²) in [4.78, 5) is 0. The Labute approximate surface area is 188 Å². The molecule has 0 spiro atoms. The van der Waals surface area contributed by atoms with E-state index in [0.29, 0.717) is 5.69 Å². The molecule has 0 bridgehead atoms. The van der Waals surface area contributed by atoms with Gasteiger partial charge in [-0.15, -0.1) is 5.10 Å². The summed E-state index contributed by atoms with van der Waals surface area (Å²) in [6.07, 6.45) is -7.42. The highest BCUT2D eigenvalue weighted by Crippen LogP contribution is 2.35. The number of aliphatic hydroxyl groups is 5. The van der Waals surface area contributed by atoms with Gasteiger partial charge in [-0.1, -0.05) is 6.07 Å². The maximum atomic E-state index is 14.6. The van der Waals surface area contributed by atoms with Crippen molar-refractivity contribution in [3.8, 4) is 11.6 Å². The van der Waals surface area contributed by atoms with Crippen molar-refractivity contribution in [3.63, 3.8) is 0 Å². The van der Waals surface area contributed by atoms with Gasteiger partial charge in [-0.25, -0.2) is 4.39 Å². The number of methoxy groups -OCH3 is 1. The Morgan fingerprint density at radius 1 is 1.18 bits per heavy atom. The first-order valence-corrected chi connectivity index (χ1v) is 10.3. The highest BCUT2D eigenvalue weighted by atomic mass is 19.2. The smallest absolute Gasteiger partial charge is 0.356 e. The van der Waals surface area contributed by atoms with E-state index in [1.54, 1.807) is 6.92 Å². The fourth-order valence-corrected chi connectivity index (χ4v) is 3.72. The second-order valence-corrected chi connectivity index (χ2v) is 8.14. The molecule has 1 aromatic heterocycles. The number of nitrogens with zero attached hydrogens (tertiary/aromatic N) is 2. The molecule has 5 N–H and O–H groups in total. The summed E-state index contributed by atoms with van der Waals surface area (Å²) in [5, 5.41) is 54.7. The van der Waals surface area contributed by atoms with Crippen molar-refractivity contribution in [1.82, 2.24) is 9.78 Å². The monoisotopic (exact) mass is 474 g/mol. The van der Waals surface area contributed by atoms with Gasteiger partial charge in [0.05, 0.1) is 13.7 Å². The topological polar surface area (TPSA) is 147 Å².